The lowest BCUT2D eigenvalue weighted by Gasteiger charge is -2.21. The molecule has 2 fully saturated rings. The van der Waals surface area contributed by atoms with Gasteiger partial charge in [-0.05, 0) is 45.2 Å². The fourth-order valence-electron chi connectivity index (χ4n) is 1.83. The van der Waals surface area contributed by atoms with Gasteiger partial charge in [-0.25, -0.2) is 0 Å². The Morgan fingerprint density at radius 2 is 1.41 bits per heavy atom. The molecule has 100 valence electrons. The van der Waals surface area contributed by atoms with Crippen LogP contribution in [0.2, 0.25) is 0 Å². The van der Waals surface area contributed by atoms with Gasteiger partial charge >= 0.3 is 6.15 Å². The minimum absolute atomic E-state index is 0. The van der Waals surface area contributed by atoms with Crippen LogP contribution in [0.3, 0.4) is 0 Å². The summed E-state index contributed by atoms with van der Waals surface area (Å²) in [6.07, 6.45) is 9.09. The molecule has 0 aliphatic carbocycles. The maximum atomic E-state index is 10.1. The molecule has 2 heterocycles. The molecular formula is C12H24N2O3. The number of carbonyl (C=O) groups is 1. The van der Waals surface area contributed by atoms with Gasteiger partial charge in [0.15, 0.2) is 0 Å². The van der Waals surface area contributed by atoms with E-state index in [-0.39, 0.29) is 7.58 Å². The van der Waals surface area contributed by atoms with Crippen molar-refractivity contribution in [3.05, 3.63) is 0 Å². The number of piperidine rings is 2. The van der Waals surface area contributed by atoms with E-state index in [9.17, 15) is 4.79 Å². The average Bonchev–Trinajstić information content (AvgIpc) is 2.43. The van der Waals surface area contributed by atoms with E-state index >= 15 is 0 Å². The smallest absolute Gasteiger partial charge is 0.345 e. The Balaban J connectivity index is 0. The van der Waals surface area contributed by atoms with Crippen LogP contribution in [0.5, 0.6) is 0 Å². The highest BCUT2D eigenvalue weighted by molar-refractivity contribution is 5.46. The molecule has 2 saturated heterocycles. The fourth-order valence-corrected chi connectivity index (χ4v) is 1.83. The van der Waals surface area contributed by atoms with E-state index in [4.69, 9.17) is 9.59 Å². The molecule has 0 radical (unpaired) electrons. The highest BCUT2D eigenvalue weighted by Crippen LogP contribution is 2.05. The summed E-state index contributed by atoms with van der Waals surface area (Å²) in [7, 11) is 0. The number of hydrogen-bond acceptors (Lipinski definition) is 4. The number of rotatable bonds is 1. The van der Waals surface area contributed by atoms with Gasteiger partial charge in [0, 0.05) is 14.5 Å². The second kappa shape index (κ2) is 12.9. The molecule has 0 aromatic carbocycles. The van der Waals surface area contributed by atoms with Gasteiger partial charge < -0.3 is 10.2 Å². The van der Waals surface area contributed by atoms with Crippen LogP contribution in [0.1, 0.15) is 40.0 Å². The highest BCUT2D eigenvalue weighted by atomic mass is 16.2. The first kappa shape index (κ1) is 15.8. The Kier molecular flexibility index (Phi) is 12.0. The predicted molar refractivity (Wildman–Crippen MR) is 65.3 cm³/mol. The van der Waals surface area contributed by atoms with Gasteiger partial charge in [0.05, 0.1) is 0 Å². The number of nitrogens with zero attached hydrogens (tertiary/aromatic N) is 1. The van der Waals surface area contributed by atoms with Crippen molar-refractivity contribution in [2.24, 2.45) is 0 Å². The molecule has 5 heteroatoms. The minimum Gasteiger partial charge on any atom is -0.345 e. The van der Waals surface area contributed by atoms with Crippen molar-refractivity contribution in [3.63, 3.8) is 0 Å². The van der Waals surface area contributed by atoms with Crippen molar-refractivity contribution in [2.45, 2.75) is 38.5 Å². The van der Waals surface area contributed by atoms with Gasteiger partial charge in [-0.2, -0.15) is 9.59 Å². The van der Waals surface area contributed by atoms with Crippen LogP contribution in [0.4, 0.5) is 0 Å². The Morgan fingerprint density at radius 3 is 1.65 bits per heavy atom. The molecule has 1 amide bonds. The van der Waals surface area contributed by atoms with Crippen LogP contribution in [-0.2, 0) is 14.4 Å². The van der Waals surface area contributed by atoms with E-state index in [2.05, 4.69) is 5.32 Å². The normalized spacial score (nSPS) is 18.7. The van der Waals surface area contributed by atoms with Gasteiger partial charge in [0.25, 0.3) is 0 Å². The number of nitrogens with one attached hydrogen (secondary N) is 1. The molecule has 1 N–H and O–H groups in total. The lowest BCUT2D eigenvalue weighted by molar-refractivity contribution is -0.191. The van der Waals surface area contributed by atoms with E-state index in [1.807, 2.05) is 4.90 Å². The van der Waals surface area contributed by atoms with E-state index < -0.39 is 0 Å². The standard InChI is InChI=1S/C6H11NO.C5H11N.CO2.H2/c8-6-7-4-2-1-3-5-7;1-2-4-6-5-3-1;2-1-3;/h6H,1-5H2;6H,1-5H2;;1H. The summed E-state index contributed by atoms with van der Waals surface area (Å²) in [6, 6.07) is 0. The first-order valence-corrected chi connectivity index (χ1v) is 6.24. The van der Waals surface area contributed by atoms with E-state index in [0.717, 1.165) is 19.5 Å². The lowest BCUT2D eigenvalue weighted by Crippen LogP contribution is -2.27. The largest absolute Gasteiger partial charge is 0.373 e. The molecule has 0 bridgehead atoms. The monoisotopic (exact) mass is 244 g/mol. The molecule has 5 nitrogen and oxygen atoms in total. The zero-order chi connectivity index (χ0) is 12.8. The lowest BCUT2D eigenvalue weighted by atomic mass is 10.1. The fraction of sp³-hybridized carbons (Fsp3) is 0.833. The first-order valence-electron chi connectivity index (χ1n) is 6.24. The topological polar surface area (TPSA) is 66.5 Å². The van der Waals surface area contributed by atoms with E-state index in [1.165, 1.54) is 51.6 Å². The zero-order valence-electron chi connectivity index (χ0n) is 10.3. The molecule has 0 unspecified atom stereocenters. The third-order valence-corrected chi connectivity index (χ3v) is 2.75. The van der Waals surface area contributed by atoms with Crippen LogP contribution in [-0.4, -0.2) is 43.6 Å². The maximum absolute atomic E-state index is 10.1. The van der Waals surface area contributed by atoms with Crippen LogP contribution in [0, 0.1) is 0 Å². The van der Waals surface area contributed by atoms with Gasteiger partial charge in [-0.1, -0.05) is 6.42 Å². The van der Waals surface area contributed by atoms with Gasteiger partial charge in [-0.3, -0.25) is 4.79 Å². The summed E-state index contributed by atoms with van der Waals surface area (Å²) in [6.45, 7) is 4.45. The summed E-state index contributed by atoms with van der Waals surface area (Å²) in [5, 5.41) is 3.28. The van der Waals surface area contributed by atoms with Crippen molar-refractivity contribution < 1.29 is 15.8 Å². The summed E-state index contributed by atoms with van der Waals surface area (Å²) in [5.41, 5.74) is 0. The van der Waals surface area contributed by atoms with Crippen molar-refractivity contribution in [1.29, 1.82) is 0 Å². The molecule has 0 saturated carbocycles. The second-order valence-electron chi connectivity index (χ2n) is 4.10. The first-order chi connectivity index (χ1) is 8.35. The van der Waals surface area contributed by atoms with E-state index in [1.54, 1.807) is 0 Å². The molecule has 0 atom stereocenters. The molecule has 0 spiro atoms. The van der Waals surface area contributed by atoms with Crippen molar-refractivity contribution in [3.8, 4) is 0 Å². The number of carbonyl (C=O) groups excluding carboxylic acids is 3. The second-order valence-corrected chi connectivity index (χ2v) is 4.10. The summed E-state index contributed by atoms with van der Waals surface area (Å²) < 4.78 is 0. The van der Waals surface area contributed by atoms with Crippen molar-refractivity contribution in [1.82, 2.24) is 10.2 Å². The SMILES string of the molecule is C1CCNCC1.O=C=O.O=CN1CCCCC1.[HH]. The highest BCUT2D eigenvalue weighted by Gasteiger charge is 2.05. The molecule has 2 aliphatic rings. The average molecular weight is 244 g/mol. The molecule has 2 aliphatic heterocycles. The van der Waals surface area contributed by atoms with Crippen LogP contribution >= 0.6 is 0 Å². The Hall–Kier alpha value is -1.19. The summed E-state index contributed by atoms with van der Waals surface area (Å²) >= 11 is 0. The molecular weight excluding hydrogens is 220 g/mol. The quantitative estimate of drug-likeness (QED) is 0.700. The van der Waals surface area contributed by atoms with E-state index in [0.29, 0.717) is 0 Å². The third kappa shape index (κ3) is 11.1. The van der Waals surface area contributed by atoms with Gasteiger partial charge in [0.2, 0.25) is 6.41 Å². The Morgan fingerprint density at radius 1 is 0.941 bits per heavy atom. The van der Waals surface area contributed by atoms with Crippen LogP contribution in [0.15, 0.2) is 0 Å². The van der Waals surface area contributed by atoms with Crippen LogP contribution < -0.4 is 5.32 Å². The zero-order valence-corrected chi connectivity index (χ0v) is 10.3. The maximum Gasteiger partial charge on any atom is 0.373 e. The summed E-state index contributed by atoms with van der Waals surface area (Å²) in [4.78, 5) is 28.2. The Labute approximate surface area is 104 Å². The number of hydrogen-bond donors (Lipinski definition) is 1. The minimum atomic E-state index is 0. The Bertz CT molecular complexity index is 200. The molecule has 0 aromatic heterocycles. The van der Waals surface area contributed by atoms with Gasteiger partial charge in [0.1, 0.15) is 0 Å². The third-order valence-electron chi connectivity index (χ3n) is 2.75. The molecule has 0 aromatic rings. The van der Waals surface area contributed by atoms with Crippen molar-refractivity contribution >= 4 is 12.6 Å². The number of amides is 1. The van der Waals surface area contributed by atoms with Crippen LogP contribution in [0.25, 0.3) is 0 Å². The van der Waals surface area contributed by atoms with Crippen molar-refractivity contribution in [2.75, 3.05) is 26.2 Å². The molecule has 2 rings (SSSR count). The molecule has 17 heavy (non-hydrogen) atoms. The summed E-state index contributed by atoms with van der Waals surface area (Å²) in [5.74, 6) is 0. The predicted octanol–water partition coefficient (Wildman–Crippen LogP) is 1.05. The number of likely N-dealkylation sites (tertiary alicyclic amines) is 1. The van der Waals surface area contributed by atoms with Gasteiger partial charge in [-0.15, -0.1) is 0 Å².